The van der Waals surface area contributed by atoms with Crippen LogP contribution in [0.25, 0.3) is 0 Å². The summed E-state index contributed by atoms with van der Waals surface area (Å²) < 4.78 is 15.1. The fourth-order valence-electron chi connectivity index (χ4n) is 2.23. The Kier molecular flexibility index (Phi) is 4.23. The lowest BCUT2D eigenvalue weighted by Crippen LogP contribution is -2.09. The number of benzene rings is 1. The molecule has 0 amide bonds. The van der Waals surface area contributed by atoms with Gasteiger partial charge in [0.1, 0.15) is 11.6 Å². The first-order chi connectivity index (χ1) is 9.40. The highest BCUT2D eigenvalue weighted by molar-refractivity contribution is 6.31. The number of aryl methyl sites for hydroxylation is 2. The lowest BCUT2D eigenvalue weighted by molar-refractivity contribution is -0.117. The van der Waals surface area contributed by atoms with Gasteiger partial charge in [0.25, 0.3) is 0 Å². The van der Waals surface area contributed by atoms with E-state index in [1.165, 1.54) is 6.07 Å². The van der Waals surface area contributed by atoms with Gasteiger partial charge in [-0.2, -0.15) is 5.10 Å². The van der Waals surface area contributed by atoms with E-state index in [-0.39, 0.29) is 17.2 Å². The summed E-state index contributed by atoms with van der Waals surface area (Å²) in [6.45, 7) is 3.81. The standard InChI is InChI=1S/C15H16ClFN2O/c1-9-13(10(2)19(3)18-9)8-12(20)7-11-5-4-6-14(17)15(11)16/h4-6H,7-8H2,1-3H3. The third-order valence-corrected chi connectivity index (χ3v) is 3.88. The van der Waals surface area contributed by atoms with Gasteiger partial charge in [0, 0.05) is 31.1 Å². The summed E-state index contributed by atoms with van der Waals surface area (Å²) in [5, 5.41) is 4.31. The van der Waals surface area contributed by atoms with Crippen molar-refractivity contribution < 1.29 is 9.18 Å². The topological polar surface area (TPSA) is 34.9 Å². The summed E-state index contributed by atoms with van der Waals surface area (Å²) in [6.07, 6.45) is 0.419. The Hall–Kier alpha value is -1.68. The Labute approximate surface area is 122 Å². The summed E-state index contributed by atoms with van der Waals surface area (Å²) in [6, 6.07) is 4.52. The van der Waals surface area contributed by atoms with Crippen molar-refractivity contribution in [1.82, 2.24) is 9.78 Å². The van der Waals surface area contributed by atoms with Crippen LogP contribution in [-0.2, 0) is 24.7 Å². The summed E-state index contributed by atoms with van der Waals surface area (Å²) in [5.41, 5.74) is 3.28. The molecule has 20 heavy (non-hydrogen) atoms. The van der Waals surface area contributed by atoms with Crippen molar-refractivity contribution in [2.75, 3.05) is 0 Å². The molecule has 106 valence electrons. The second-order valence-electron chi connectivity index (χ2n) is 4.88. The number of halogens is 2. The van der Waals surface area contributed by atoms with Crippen LogP contribution < -0.4 is 0 Å². The molecular formula is C15H16ClFN2O. The number of carbonyl (C=O) groups is 1. The SMILES string of the molecule is Cc1nn(C)c(C)c1CC(=O)Cc1cccc(F)c1Cl. The molecule has 0 spiro atoms. The molecule has 0 atom stereocenters. The molecule has 2 rings (SSSR count). The van der Waals surface area contributed by atoms with Crippen molar-refractivity contribution in [3.05, 3.63) is 51.6 Å². The Morgan fingerprint density at radius 3 is 2.65 bits per heavy atom. The molecule has 0 unspecified atom stereocenters. The zero-order valence-corrected chi connectivity index (χ0v) is 12.5. The Balaban J connectivity index is 2.15. The number of nitrogens with zero attached hydrogens (tertiary/aromatic N) is 2. The van der Waals surface area contributed by atoms with Gasteiger partial charge >= 0.3 is 0 Å². The molecule has 0 saturated carbocycles. The van der Waals surface area contributed by atoms with Crippen molar-refractivity contribution in [2.24, 2.45) is 7.05 Å². The molecule has 3 nitrogen and oxygen atoms in total. The van der Waals surface area contributed by atoms with Gasteiger partial charge in [-0.25, -0.2) is 4.39 Å². The molecule has 0 fully saturated rings. The van der Waals surface area contributed by atoms with E-state index in [0.717, 1.165) is 17.0 Å². The summed E-state index contributed by atoms with van der Waals surface area (Å²) in [5.74, 6) is -0.498. The maximum atomic E-state index is 13.3. The molecule has 0 radical (unpaired) electrons. The maximum absolute atomic E-state index is 13.3. The van der Waals surface area contributed by atoms with Crippen LogP contribution in [0, 0.1) is 19.7 Å². The highest BCUT2D eigenvalue weighted by atomic mass is 35.5. The van der Waals surface area contributed by atoms with Crippen LogP contribution >= 0.6 is 11.6 Å². The normalized spacial score (nSPS) is 10.8. The molecule has 1 heterocycles. The highest BCUT2D eigenvalue weighted by Gasteiger charge is 2.15. The van der Waals surface area contributed by atoms with Gasteiger partial charge in [0.05, 0.1) is 10.7 Å². The van der Waals surface area contributed by atoms with E-state index >= 15 is 0 Å². The van der Waals surface area contributed by atoms with Crippen LogP contribution in [0.15, 0.2) is 18.2 Å². The number of aromatic nitrogens is 2. The van der Waals surface area contributed by atoms with Gasteiger partial charge in [0.2, 0.25) is 0 Å². The van der Waals surface area contributed by atoms with E-state index in [2.05, 4.69) is 5.10 Å². The average molecular weight is 295 g/mol. The third-order valence-electron chi connectivity index (χ3n) is 3.45. The van der Waals surface area contributed by atoms with Crippen LogP contribution in [0.2, 0.25) is 5.02 Å². The minimum atomic E-state index is -0.495. The van der Waals surface area contributed by atoms with Gasteiger partial charge in [-0.05, 0) is 25.5 Å². The van der Waals surface area contributed by atoms with E-state index in [4.69, 9.17) is 11.6 Å². The minimum Gasteiger partial charge on any atom is -0.299 e. The van der Waals surface area contributed by atoms with Gasteiger partial charge in [-0.3, -0.25) is 9.48 Å². The lowest BCUT2D eigenvalue weighted by atomic mass is 10.0. The van der Waals surface area contributed by atoms with Gasteiger partial charge in [-0.15, -0.1) is 0 Å². The maximum Gasteiger partial charge on any atom is 0.142 e. The van der Waals surface area contributed by atoms with Crippen molar-refractivity contribution in [3.63, 3.8) is 0 Å². The second kappa shape index (κ2) is 5.75. The molecule has 1 aromatic carbocycles. The molecule has 0 N–H and O–H groups in total. The van der Waals surface area contributed by atoms with E-state index in [1.54, 1.807) is 16.8 Å². The molecular weight excluding hydrogens is 279 g/mol. The van der Waals surface area contributed by atoms with Crippen molar-refractivity contribution in [1.29, 1.82) is 0 Å². The molecule has 0 bridgehead atoms. The van der Waals surface area contributed by atoms with Crippen molar-refractivity contribution in [2.45, 2.75) is 26.7 Å². The van der Waals surface area contributed by atoms with Crippen LogP contribution in [-0.4, -0.2) is 15.6 Å². The van der Waals surface area contributed by atoms with Gasteiger partial charge in [-0.1, -0.05) is 23.7 Å². The van der Waals surface area contributed by atoms with E-state index in [9.17, 15) is 9.18 Å². The Morgan fingerprint density at radius 1 is 1.35 bits per heavy atom. The first-order valence-corrected chi connectivity index (χ1v) is 6.71. The third kappa shape index (κ3) is 2.90. The van der Waals surface area contributed by atoms with Gasteiger partial charge in [0.15, 0.2) is 0 Å². The first-order valence-electron chi connectivity index (χ1n) is 6.33. The van der Waals surface area contributed by atoms with Crippen LogP contribution in [0.5, 0.6) is 0 Å². The summed E-state index contributed by atoms with van der Waals surface area (Å²) in [7, 11) is 1.85. The zero-order valence-electron chi connectivity index (χ0n) is 11.7. The minimum absolute atomic E-state index is 0.00306. The predicted molar refractivity (Wildman–Crippen MR) is 76.5 cm³/mol. The monoisotopic (exact) mass is 294 g/mol. The molecule has 0 aliphatic heterocycles. The lowest BCUT2D eigenvalue weighted by Gasteiger charge is -2.05. The first kappa shape index (κ1) is 14.7. The molecule has 2 aromatic rings. The number of ketones is 1. The largest absolute Gasteiger partial charge is 0.299 e. The average Bonchev–Trinajstić information content (AvgIpc) is 2.62. The highest BCUT2D eigenvalue weighted by Crippen LogP contribution is 2.21. The number of hydrogen-bond acceptors (Lipinski definition) is 2. The van der Waals surface area contributed by atoms with Gasteiger partial charge < -0.3 is 0 Å². The number of hydrogen-bond donors (Lipinski definition) is 0. The van der Waals surface area contributed by atoms with E-state index < -0.39 is 5.82 Å². The summed E-state index contributed by atoms with van der Waals surface area (Å²) in [4.78, 5) is 12.1. The zero-order chi connectivity index (χ0) is 14.9. The van der Waals surface area contributed by atoms with Crippen molar-refractivity contribution >= 4 is 17.4 Å². The Morgan fingerprint density at radius 2 is 2.05 bits per heavy atom. The second-order valence-corrected chi connectivity index (χ2v) is 5.26. The molecule has 1 aromatic heterocycles. The van der Waals surface area contributed by atoms with Crippen LogP contribution in [0.3, 0.4) is 0 Å². The number of carbonyl (C=O) groups excluding carboxylic acids is 1. The molecule has 0 aliphatic rings. The quantitative estimate of drug-likeness (QED) is 0.868. The number of Topliss-reactive ketones (excluding diaryl/α,β-unsaturated/α-hetero) is 1. The molecule has 5 heteroatoms. The Bertz CT molecular complexity index is 664. The fourth-order valence-corrected chi connectivity index (χ4v) is 2.42. The van der Waals surface area contributed by atoms with Crippen LogP contribution in [0.4, 0.5) is 4.39 Å². The predicted octanol–water partition coefficient (Wildman–Crippen LogP) is 3.18. The summed E-state index contributed by atoms with van der Waals surface area (Å²) >= 11 is 5.86. The number of rotatable bonds is 4. The molecule has 0 aliphatic carbocycles. The smallest absolute Gasteiger partial charge is 0.142 e. The molecule has 0 saturated heterocycles. The van der Waals surface area contributed by atoms with E-state index in [0.29, 0.717) is 12.0 Å². The van der Waals surface area contributed by atoms with Crippen LogP contribution in [0.1, 0.15) is 22.5 Å². The fraction of sp³-hybridized carbons (Fsp3) is 0.333. The van der Waals surface area contributed by atoms with Crippen molar-refractivity contribution in [3.8, 4) is 0 Å². The van der Waals surface area contributed by atoms with E-state index in [1.807, 2.05) is 20.9 Å².